The summed E-state index contributed by atoms with van der Waals surface area (Å²) in [5.41, 5.74) is 6.67. The maximum atomic E-state index is 12.9. The van der Waals surface area contributed by atoms with E-state index in [1.165, 1.54) is 13.2 Å². The molecule has 0 spiro atoms. The number of aromatic hydroxyl groups is 1. The summed E-state index contributed by atoms with van der Waals surface area (Å²) >= 11 is 0. The van der Waals surface area contributed by atoms with Gasteiger partial charge in [0.1, 0.15) is 11.6 Å². The average molecular weight is 488 g/mol. The van der Waals surface area contributed by atoms with E-state index in [9.17, 15) is 19.8 Å². The molecule has 0 aliphatic heterocycles. The Hall–Kier alpha value is -3.40. The SMILES string of the molecule is CN=C(N)N[C@H](CCCC(=O)[C@@H](CCO)C(=O)CCc1ccc(O)c(OC)c1)CCn1ccnc1. The molecular formula is C25H37N5O5. The first-order valence-electron chi connectivity index (χ1n) is 11.8. The minimum Gasteiger partial charge on any atom is -0.504 e. The quantitative estimate of drug-likeness (QED) is 0.159. The number of aliphatic hydroxyl groups is 1. The number of aliphatic hydroxyl groups excluding tert-OH is 1. The molecule has 2 rings (SSSR count). The molecule has 0 aliphatic rings. The predicted octanol–water partition coefficient (Wildman–Crippen LogP) is 1.83. The number of benzene rings is 1. The molecule has 0 saturated heterocycles. The molecule has 0 fully saturated rings. The molecule has 0 saturated carbocycles. The maximum absolute atomic E-state index is 12.9. The normalized spacial score (nSPS) is 13.3. The van der Waals surface area contributed by atoms with Gasteiger partial charge in [0.15, 0.2) is 17.5 Å². The van der Waals surface area contributed by atoms with Gasteiger partial charge in [-0.05, 0) is 49.8 Å². The van der Waals surface area contributed by atoms with Crippen LogP contribution in [0.4, 0.5) is 0 Å². The van der Waals surface area contributed by atoms with E-state index < -0.39 is 5.92 Å². The van der Waals surface area contributed by atoms with Crippen LogP contribution in [-0.2, 0) is 22.6 Å². The van der Waals surface area contributed by atoms with E-state index in [1.54, 1.807) is 31.7 Å². The van der Waals surface area contributed by atoms with Crippen molar-refractivity contribution in [1.29, 1.82) is 0 Å². The molecule has 0 aliphatic carbocycles. The molecule has 192 valence electrons. The van der Waals surface area contributed by atoms with Crippen molar-refractivity contribution in [3.05, 3.63) is 42.5 Å². The Morgan fingerprint density at radius 1 is 1.23 bits per heavy atom. The van der Waals surface area contributed by atoms with Gasteiger partial charge in [0.05, 0.1) is 19.4 Å². The Morgan fingerprint density at radius 3 is 2.66 bits per heavy atom. The number of hydrogen-bond donors (Lipinski definition) is 4. The molecule has 2 aromatic rings. The third kappa shape index (κ3) is 9.40. The topological polar surface area (TPSA) is 152 Å². The first-order valence-corrected chi connectivity index (χ1v) is 11.8. The van der Waals surface area contributed by atoms with Gasteiger partial charge in [-0.1, -0.05) is 6.07 Å². The van der Waals surface area contributed by atoms with E-state index in [2.05, 4.69) is 15.3 Å². The molecule has 35 heavy (non-hydrogen) atoms. The molecular weight excluding hydrogens is 450 g/mol. The van der Waals surface area contributed by atoms with Gasteiger partial charge < -0.3 is 30.6 Å². The average Bonchev–Trinajstić information content (AvgIpc) is 3.38. The van der Waals surface area contributed by atoms with Crippen molar-refractivity contribution >= 4 is 17.5 Å². The minimum absolute atomic E-state index is 0.0189. The van der Waals surface area contributed by atoms with Crippen molar-refractivity contribution < 1.29 is 24.5 Å². The molecule has 5 N–H and O–H groups in total. The van der Waals surface area contributed by atoms with Crippen LogP contribution in [0, 0.1) is 5.92 Å². The van der Waals surface area contributed by atoms with Gasteiger partial charge in [-0.15, -0.1) is 0 Å². The summed E-state index contributed by atoms with van der Waals surface area (Å²) in [6.45, 7) is 0.518. The summed E-state index contributed by atoms with van der Waals surface area (Å²) in [7, 11) is 3.07. The van der Waals surface area contributed by atoms with E-state index >= 15 is 0 Å². The zero-order valence-corrected chi connectivity index (χ0v) is 20.5. The predicted molar refractivity (Wildman–Crippen MR) is 133 cm³/mol. The molecule has 10 heteroatoms. The molecule has 1 heterocycles. The van der Waals surface area contributed by atoms with Gasteiger partial charge in [-0.3, -0.25) is 14.6 Å². The summed E-state index contributed by atoms with van der Waals surface area (Å²) in [5, 5.41) is 22.3. The van der Waals surface area contributed by atoms with Crippen molar-refractivity contribution in [2.45, 2.75) is 57.5 Å². The largest absolute Gasteiger partial charge is 0.504 e. The van der Waals surface area contributed by atoms with Crippen LogP contribution in [0.3, 0.4) is 0 Å². The number of ketones is 2. The lowest BCUT2D eigenvalue weighted by atomic mass is 9.89. The van der Waals surface area contributed by atoms with Crippen molar-refractivity contribution in [3.63, 3.8) is 0 Å². The number of carbonyl (C=O) groups excluding carboxylic acids is 2. The van der Waals surface area contributed by atoms with Gasteiger partial charge in [-0.25, -0.2) is 4.98 Å². The first kappa shape index (κ1) is 27.8. The van der Waals surface area contributed by atoms with Crippen molar-refractivity contribution in [1.82, 2.24) is 14.9 Å². The number of phenols is 1. The number of phenolic OH excluding ortho intramolecular Hbond substituents is 1. The summed E-state index contributed by atoms with van der Waals surface area (Å²) in [6, 6.07) is 4.93. The van der Waals surface area contributed by atoms with Crippen molar-refractivity contribution in [2.24, 2.45) is 16.6 Å². The molecule has 0 radical (unpaired) electrons. The second-order valence-corrected chi connectivity index (χ2v) is 8.44. The second kappa shape index (κ2) is 14.8. The van der Waals surface area contributed by atoms with E-state index in [0.717, 1.165) is 18.5 Å². The highest BCUT2D eigenvalue weighted by molar-refractivity contribution is 6.02. The van der Waals surface area contributed by atoms with E-state index in [-0.39, 0.29) is 49.2 Å². The van der Waals surface area contributed by atoms with Gasteiger partial charge in [-0.2, -0.15) is 0 Å². The number of nitrogens with one attached hydrogen (secondary N) is 1. The van der Waals surface area contributed by atoms with Crippen LogP contribution >= 0.6 is 0 Å². The third-order valence-corrected chi connectivity index (χ3v) is 5.96. The number of carbonyl (C=O) groups is 2. The number of aromatic nitrogens is 2. The number of nitrogens with zero attached hydrogens (tertiary/aromatic N) is 3. The number of nitrogens with two attached hydrogens (primary N) is 1. The molecule has 0 unspecified atom stereocenters. The highest BCUT2D eigenvalue weighted by atomic mass is 16.5. The van der Waals surface area contributed by atoms with E-state index in [1.807, 2.05) is 10.8 Å². The Balaban J connectivity index is 1.89. The number of aliphatic imine (C=N–C) groups is 1. The van der Waals surface area contributed by atoms with Crippen molar-refractivity contribution in [2.75, 3.05) is 20.8 Å². The number of imidazole rings is 1. The van der Waals surface area contributed by atoms with Gasteiger partial charge >= 0.3 is 0 Å². The van der Waals surface area contributed by atoms with Gasteiger partial charge in [0.2, 0.25) is 0 Å². The zero-order valence-electron chi connectivity index (χ0n) is 20.5. The fraction of sp³-hybridized carbons (Fsp3) is 0.520. The van der Waals surface area contributed by atoms with Crippen LogP contribution in [0.15, 0.2) is 41.9 Å². The Kier molecular flexibility index (Phi) is 11.8. The van der Waals surface area contributed by atoms with Gasteiger partial charge in [0.25, 0.3) is 0 Å². The van der Waals surface area contributed by atoms with Crippen LogP contribution in [0.25, 0.3) is 0 Å². The number of rotatable bonds is 16. The summed E-state index contributed by atoms with van der Waals surface area (Å²) in [5.74, 6) is -0.459. The number of Topliss-reactive ketones (excluding diaryl/α,β-unsaturated/α-hetero) is 2. The number of methoxy groups -OCH3 is 1. The van der Waals surface area contributed by atoms with E-state index in [0.29, 0.717) is 31.0 Å². The molecule has 0 bridgehead atoms. The van der Waals surface area contributed by atoms with Crippen LogP contribution in [0.1, 0.15) is 44.1 Å². The van der Waals surface area contributed by atoms with Gasteiger partial charge in [0, 0.05) is 51.5 Å². The smallest absolute Gasteiger partial charge is 0.188 e. The first-order chi connectivity index (χ1) is 16.9. The Bertz CT molecular complexity index is 961. The number of ether oxygens (including phenoxy) is 1. The summed E-state index contributed by atoms with van der Waals surface area (Å²) in [6.07, 6.45) is 8.35. The third-order valence-electron chi connectivity index (χ3n) is 5.96. The minimum atomic E-state index is -0.821. The van der Waals surface area contributed by atoms with Crippen LogP contribution in [0.5, 0.6) is 11.5 Å². The van der Waals surface area contributed by atoms with Crippen LogP contribution in [-0.4, -0.2) is 64.1 Å². The molecule has 0 amide bonds. The second-order valence-electron chi connectivity index (χ2n) is 8.44. The maximum Gasteiger partial charge on any atom is 0.188 e. The monoisotopic (exact) mass is 487 g/mol. The number of aryl methyl sites for hydroxylation is 2. The molecule has 1 aromatic carbocycles. The van der Waals surface area contributed by atoms with Crippen molar-refractivity contribution in [3.8, 4) is 11.5 Å². The molecule has 10 nitrogen and oxygen atoms in total. The lowest BCUT2D eigenvalue weighted by Crippen LogP contribution is -2.40. The van der Waals surface area contributed by atoms with E-state index in [4.69, 9.17) is 10.5 Å². The fourth-order valence-corrected chi connectivity index (χ4v) is 3.93. The Morgan fingerprint density at radius 2 is 2.00 bits per heavy atom. The van der Waals surface area contributed by atoms with Crippen LogP contribution in [0.2, 0.25) is 0 Å². The highest BCUT2D eigenvalue weighted by Crippen LogP contribution is 2.27. The number of guanidine groups is 1. The highest BCUT2D eigenvalue weighted by Gasteiger charge is 2.25. The Labute approximate surface area is 206 Å². The molecule has 1 aromatic heterocycles. The van der Waals surface area contributed by atoms with Crippen LogP contribution < -0.4 is 15.8 Å². The summed E-state index contributed by atoms with van der Waals surface area (Å²) in [4.78, 5) is 33.7. The fourth-order valence-electron chi connectivity index (χ4n) is 3.93. The zero-order chi connectivity index (χ0) is 25.6. The summed E-state index contributed by atoms with van der Waals surface area (Å²) < 4.78 is 7.07. The standard InChI is InChI=1S/C25H37N5O5/c1-27-25(26)29-19(10-13-30-14-12-28-17-30)4-3-5-21(32)20(11-15-31)22(33)8-6-18-7-9-23(34)24(16-18)35-2/h7,9,12,14,16-17,19-20,31,34H,3-6,8,10-11,13,15H2,1-2H3,(H3,26,27,29)/t19-,20-/m1/s1. The lowest BCUT2D eigenvalue weighted by molar-refractivity contribution is -0.133. The molecule has 2 atom stereocenters. The number of hydrogen-bond acceptors (Lipinski definition) is 7. The lowest BCUT2D eigenvalue weighted by Gasteiger charge is -2.20.